The lowest BCUT2D eigenvalue weighted by Gasteiger charge is -2.19. The van der Waals surface area contributed by atoms with Crippen LogP contribution in [-0.2, 0) is 18.3 Å². The number of carbonyl (C=O) groups is 1. The normalized spacial score (nSPS) is 14.5. The summed E-state index contributed by atoms with van der Waals surface area (Å²) in [6.07, 6.45) is 4.07. The molecule has 3 N–H and O–H groups in total. The Morgan fingerprint density at radius 1 is 1.58 bits per heavy atom. The topological polar surface area (TPSA) is 76.2 Å². The number of hydrogen-bond donors (Lipinski definition) is 2. The SMILES string of the molecule is CCCc1nn(C)c(N(C)CC(=O)NC2CC2)c1N. The molecular weight excluding hydrogens is 242 g/mol. The predicted molar refractivity (Wildman–Crippen MR) is 76.1 cm³/mol. The van der Waals surface area contributed by atoms with Crippen molar-refractivity contribution in [1.29, 1.82) is 0 Å². The molecule has 1 aliphatic carbocycles. The second kappa shape index (κ2) is 5.50. The third-order valence-electron chi connectivity index (χ3n) is 3.30. The first-order valence-electron chi connectivity index (χ1n) is 6.84. The average molecular weight is 265 g/mol. The van der Waals surface area contributed by atoms with E-state index in [2.05, 4.69) is 17.3 Å². The van der Waals surface area contributed by atoms with Crippen LogP contribution in [-0.4, -0.2) is 35.3 Å². The zero-order valence-electron chi connectivity index (χ0n) is 11.9. The van der Waals surface area contributed by atoms with Crippen molar-refractivity contribution < 1.29 is 4.79 Å². The summed E-state index contributed by atoms with van der Waals surface area (Å²) in [4.78, 5) is 13.7. The molecule has 1 aromatic rings. The molecule has 0 unspecified atom stereocenters. The summed E-state index contributed by atoms with van der Waals surface area (Å²) in [6, 6.07) is 0.389. The number of nitrogens with one attached hydrogen (secondary N) is 1. The number of nitrogens with zero attached hydrogens (tertiary/aromatic N) is 3. The van der Waals surface area contributed by atoms with E-state index in [-0.39, 0.29) is 5.91 Å². The molecule has 1 saturated carbocycles. The molecule has 0 aromatic carbocycles. The molecule has 0 bridgehead atoms. The van der Waals surface area contributed by atoms with Crippen LogP contribution in [0, 0.1) is 0 Å². The van der Waals surface area contributed by atoms with Crippen molar-refractivity contribution in [2.75, 3.05) is 24.2 Å². The standard InChI is InChI=1S/C13H23N5O/c1-4-5-10-12(14)13(18(3)16-10)17(2)8-11(19)15-9-6-7-9/h9H,4-8,14H2,1-3H3,(H,15,19). The molecule has 6 heteroatoms. The molecule has 2 rings (SSSR count). The van der Waals surface area contributed by atoms with Gasteiger partial charge in [0.1, 0.15) is 0 Å². The first kappa shape index (κ1) is 13.7. The fourth-order valence-corrected chi connectivity index (χ4v) is 2.25. The second-order valence-electron chi connectivity index (χ2n) is 5.26. The van der Waals surface area contributed by atoms with E-state index in [0.29, 0.717) is 18.3 Å². The number of likely N-dealkylation sites (N-methyl/N-ethyl adjacent to an activating group) is 1. The average Bonchev–Trinajstić information content (AvgIpc) is 3.07. The molecule has 1 amide bonds. The molecule has 106 valence electrons. The lowest BCUT2D eigenvalue weighted by Crippen LogP contribution is -2.37. The van der Waals surface area contributed by atoms with E-state index in [1.54, 1.807) is 4.68 Å². The summed E-state index contributed by atoms with van der Waals surface area (Å²) >= 11 is 0. The van der Waals surface area contributed by atoms with Gasteiger partial charge in [0.05, 0.1) is 17.9 Å². The molecule has 1 fully saturated rings. The summed E-state index contributed by atoms with van der Waals surface area (Å²) in [6.45, 7) is 2.41. The number of aromatic nitrogens is 2. The van der Waals surface area contributed by atoms with Crippen molar-refractivity contribution in [1.82, 2.24) is 15.1 Å². The quantitative estimate of drug-likeness (QED) is 0.792. The van der Waals surface area contributed by atoms with Gasteiger partial charge in [0, 0.05) is 20.1 Å². The number of anilines is 2. The molecule has 0 atom stereocenters. The highest BCUT2D eigenvalue weighted by Crippen LogP contribution is 2.26. The molecule has 19 heavy (non-hydrogen) atoms. The Labute approximate surface area is 113 Å². The van der Waals surface area contributed by atoms with Gasteiger partial charge in [-0.1, -0.05) is 13.3 Å². The highest BCUT2D eigenvalue weighted by molar-refractivity contribution is 5.83. The smallest absolute Gasteiger partial charge is 0.239 e. The van der Waals surface area contributed by atoms with Crippen LogP contribution < -0.4 is 16.0 Å². The van der Waals surface area contributed by atoms with Crippen molar-refractivity contribution in [3.05, 3.63) is 5.69 Å². The highest BCUT2D eigenvalue weighted by atomic mass is 16.2. The van der Waals surface area contributed by atoms with Crippen molar-refractivity contribution >= 4 is 17.4 Å². The van der Waals surface area contributed by atoms with Crippen LogP contribution in [0.15, 0.2) is 0 Å². The monoisotopic (exact) mass is 265 g/mol. The van der Waals surface area contributed by atoms with E-state index in [1.807, 2.05) is 19.0 Å². The zero-order valence-corrected chi connectivity index (χ0v) is 11.9. The molecule has 0 saturated heterocycles. The van der Waals surface area contributed by atoms with Gasteiger partial charge in [-0.05, 0) is 19.3 Å². The van der Waals surface area contributed by atoms with E-state index in [9.17, 15) is 4.79 Å². The van der Waals surface area contributed by atoms with E-state index in [0.717, 1.165) is 37.2 Å². The van der Waals surface area contributed by atoms with Gasteiger partial charge < -0.3 is 16.0 Å². The van der Waals surface area contributed by atoms with E-state index >= 15 is 0 Å². The van der Waals surface area contributed by atoms with Crippen LogP contribution in [0.25, 0.3) is 0 Å². The summed E-state index contributed by atoms with van der Waals surface area (Å²) in [5, 5.41) is 7.39. The van der Waals surface area contributed by atoms with Crippen molar-refractivity contribution in [2.24, 2.45) is 7.05 Å². The van der Waals surface area contributed by atoms with E-state index < -0.39 is 0 Å². The Hall–Kier alpha value is -1.72. The maximum atomic E-state index is 11.8. The molecular formula is C13H23N5O. The maximum absolute atomic E-state index is 11.8. The van der Waals surface area contributed by atoms with Crippen molar-refractivity contribution in [3.8, 4) is 0 Å². The van der Waals surface area contributed by atoms with Gasteiger partial charge in [-0.3, -0.25) is 9.48 Å². The predicted octanol–water partition coefficient (Wildman–Crippen LogP) is 0.670. The number of amides is 1. The first-order chi connectivity index (χ1) is 9.02. The molecule has 1 aromatic heterocycles. The van der Waals surface area contributed by atoms with E-state index in [4.69, 9.17) is 5.73 Å². The zero-order chi connectivity index (χ0) is 14.0. The van der Waals surface area contributed by atoms with Crippen molar-refractivity contribution in [2.45, 2.75) is 38.6 Å². The van der Waals surface area contributed by atoms with Crippen LogP contribution in [0.1, 0.15) is 31.9 Å². The summed E-state index contributed by atoms with van der Waals surface area (Å²) < 4.78 is 1.75. The second-order valence-corrected chi connectivity index (χ2v) is 5.26. The Morgan fingerprint density at radius 3 is 2.84 bits per heavy atom. The molecule has 0 radical (unpaired) electrons. The Balaban J connectivity index is 2.04. The number of rotatable bonds is 6. The lowest BCUT2D eigenvalue weighted by molar-refractivity contribution is -0.119. The van der Waals surface area contributed by atoms with Gasteiger partial charge >= 0.3 is 0 Å². The number of nitrogens with two attached hydrogens (primary N) is 1. The number of aryl methyl sites for hydroxylation is 2. The molecule has 6 nitrogen and oxygen atoms in total. The minimum Gasteiger partial charge on any atom is -0.394 e. The van der Waals surface area contributed by atoms with Crippen LogP contribution in [0.4, 0.5) is 11.5 Å². The highest BCUT2D eigenvalue weighted by Gasteiger charge is 2.24. The first-order valence-corrected chi connectivity index (χ1v) is 6.84. The summed E-state index contributed by atoms with van der Waals surface area (Å²) in [7, 11) is 3.73. The van der Waals surface area contributed by atoms with Gasteiger partial charge in [0.2, 0.25) is 5.91 Å². The Kier molecular flexibility index (Phi) is 3.97. The van der Waals surface area contributed by atoms with Gasteiger partial charge in [-0.15, -0.1) is 0 Å². The Morgan fingerprint density at radius 2 is 2.26 bits per heavy atom. The fourth-order valence-electron chi connectivity index (χ4n) is 2.25. The molecule has 1 heterocycles. The third-order valence-corrected chi connectivity index (χ3v) is 3.30. The number of carbonyl (C=O) groups excluding carboxylic acids is 1. The molecule has 0 aliphatic heterocycles. The van der Waals surface area contributed by atoms with Gasteiger partial charge in [0.15, 0.2) is 5.82 Å². The van der Waals surface area contributed by atoms with Crippen LogP contribution >= 0.6 is 0 Å². The number of hydrogen-bond acceptors (Lipinski definition) is 4. The third kappa shape index (κ3) is 3.19. The van der Waals surface area contributed by atoms with E-state index in [1.165, 1.54) is 0 Å². The Bertz CT molecular complexity index is 464. The van der Waals surface area contributed by atoms with Crippen LogP contribution in [0.2, 0.25) is 0 Å². The van der Waals surface area contributed by atoms with Crippen LogP contribution in [0.3, 0.4) is 0 Å². The lowest BCUT2D eigenvalue weighted by atomic mass is 10.2. The summed E-state index contributed by atoms with van der Waals surface area (Å²) in [5.41, 5.74) is 7.72. The van der Waals surface area contributed by atoms with Gasteiger partial charge in [-0.25, -0.2) is 0 Å². The minimum absolute atomic E-state index is 0.0441. The number of nitrogen functional groups attached to an aromatic ring is 1. The maximum Gasteiger partial charge on any atom is 0.239 e. The van der Waals surface area contributed by atoms with Gasteiger partial charge in [-0.2, -0.15) is 5.10 Å². The summed E-state index contributed by atoms with van der Waals surface area (Å²) in [5.74, 6) is 0.858. The van der Waals surface area contributed by atoms with Crippen LogP contribution in [0.5, 0.6) is 0 Å². The molecule has 0 spiro atoms. The minimum atomic E-state index is 0.0441. The fraction of sp³-hybridized carbons (Fsp3) is 0.692. The largest absolute Gasteiger partial charge is 0.394 e. The molecule has 1 aliphatic rings. The van der Waals surface area contributed by atoms with Gasteiger partial charge in [0.25, 0.3) is 0 Å². The van der Waals surface area contributed by atoms with Crippen molar-refractivity contribution in [3.63, 3.8) is 0 Å².